The normalized spacial score (nSPS) is 10.9. The van der Waals surface area contributed by atoms with Crippen molar-refractivity contribution >= 4 is 27.5 Å². The third kappa shape index (κ3) is 3.38. The van der Waals surface area contributed by atoms with Crippen LogP contribution in [0.15, 0.2) is 46.8 Å². The van der Waals surface area contributed by atoms with E-state index in [9.17, 15) is 9.59 Å². The molecule has 0 radical (unpaired) electrons. The lowest BCUT2D eigenvalue weighted by atomic mass is 10.1. The maximum atomic E-state index is 12.4. The Hall–Kier alpha value is -2.47. The van der Waals surface area contributed by atoms with Gasteiger partial charge < -0.3 is 4.90 Å². The molecule has 24 heavy (non-hydrogen) atoms. The molecule has 0 fully saturated rings. The van der Waals surface area contributed by atoms with E-state index in [0.717, 1.165) is 12.0 Å². The lowest BCUT2D eigenvalue weighted by Crippen LogP contribution is -2.33. The summed E-state index contributed by atoms with van der Waals surface area (Å²) in [6.07, 6.45) is 2.44. The molecular weight excluding hydrogens is 322 g/mol. The number of carbonyl (C=O) groups is 1. The molecule has 0 aliphatic carbocycles. The van der Waals surface area contributed by atoms with Gasteiger partial charge in [0, 0.05) is 13.6 Å². The van der Waals surface area contributed by atoms with Gasteiger partial charge in [0.2, 0.25) is 5.91 Å². The topological polar surface area (TPSA) is 55.2 Å². The predicted octanol–water partition coefficient (Wildman–Crippen LogP) is 2.68. The number of carbonyl (C=O) groups excluding carboxylic acids is 1. The molecule has 0 saturated heterocycles. The molecule has 6 heteroatoms. The van der Waals surface area contributed by atoms with Gasteiger partial charge in [0.25, 0.3) is 5.56 Å². The molecule has 0 N–H and O–H groups in total. The van der Waals surface area contributed by atoms with Gasteiger partial charge in [-0.15, -0.1) is 11.3 Å². The molecule has 2 heterocycles. The summed E-state index contributed by atoms with van der Waals surface area (Å²) in [6, 6.07) is 9.97. The van der Waals surface area contributed by atoms with Crippen molar-refractivity contribution in [3.8, 4) is 0 Å². The number of aromatic nitrogens is 2. The molecule has 0 atom stereocenters. The van der Waals surface area contributed by atoms with Crippen molar-refractivity contribution < 1.29 is 4.79 Å². The first-order chi connectivity index (χ1) is 11.6. The van der Waals surface area contributed by atoms with E-state index < -0.39 is 0 Å². The second kappa shape index (κ2) is 6.97. The lowest BCUT2D eigenvalue weighted by molar-refractivity contribution is -0.131. The van der Waals surface area contributed by atoms with Crippen LogP contribution in [0.3, 0.4) is 0 Å². The number of hydrogen-bond donors (Lipinski definition) is 0. The summed E-state index contributed by atoms with van der Waals surface area (Å²) < 4.78 is 1.37. The zero-order chi connectivity index (χ0) is 17.1. The van der Waals surface area contributed by atoms with Gasteiger partial charge in [-0.2, -0.15) is 0 Å². The third-order valence-electron chi connectivity index (χ3n) is 4.03. The standard InChI is InChI=1S/C18H19N3O2S/c1-3-13-4-6-14(7-5-13)10-20(2)16(22)11-21-12-19-17-15(18(21)23)8-9-24-17/h4-9,12H,3,10-11H2,1-2H3. The Labute approximate surface area is 144 Å². The minimum Gasteiger partial charge on any atom is -0.340 e. The summed E-state index contributed by atoms with van der Waals surface area (Å²) >= 11 is 1.42. The van der Waals surface area contributed by atoms with E-state index in [-0.39, 0.29) is 18.0 Å². The smallest absolute Gasteiger partial charge is 0.262 e. The molecule has 0 bridgehead atoms. The fourth-order valence-electron chi connectivity index (χ4n) is 2.51. The quantitative estimate of drug-likeness (QED) is 0.717. The van der Waals surface area contributed by atoms with E-state index >= 15 is 0 Å². The summed E-state index contributed by atoms with van der Waals surface area (Å²) in [5.74, 6) is -0.118. The van der Waals surface area contributed by atoms with Gasteiger partial charge in [-0.3, -0.25) is 14.2 Å². The Morgan fingerprint density at radius 3 is 2.62 bits per heavy atom. The van der Waals surface area contributed by atoms with Crippen molar-refractivity contribution in [1.82, 2.24) is 14.5 Å². The number of nitrogens with zero attached hydrogens (tertiary/aromatic N) is 3. The molecule has 1 aromatic carbocycles. The maximum absolute atomic E-state index is 12.4. The number of amides is 1. The first kappa shape index (κ1) is 16.4. The summed E-state index contributed by atoms with van der Waals surface area (Å²) in [6.45, 7) is 2.63. The van der Waals surface area contributed by atoms with E-state index in [1.165, 1.54) is 27.8 Å². The number of aryl methyl sites for hydroxylation is 1. The van der Waals surface area contributed by atoms with Crippen molar-refractivity contribution in [2.24, 2.45) is 0 Å². The zero-order valence-corrected chi connectivity index (χ0v) is 14.5. The van der Waals surface area contributed by atoms with E-state index in [1.54, 1.807) is 18.0 Å². The predicted molar refractivity (Wildman–Crippen MR) is 96.2 cm³/mol. The third-order valence-corrected chi connectivity index (χ3v) is 4.85. The van der Waals surface area contributed by atoms with Crippen LogP contribution >= 0.6 is 11.3 Å². The van der Waals surface area contributed by atoms with Crippen LogP contribution in [0.4, 0.5) is 0 Å². The SMILES string of the molecule is CCc1ccc(CN(C)C(=O)Cn2cnc3sccc3c2=O)cc1. The zero-order valence-electron chi connectivity index (χ0n) is 13.7. The van der Waals surface area contributed by atoms with Gasteiger partial charge in [0.1, 0.15) is 11.4 Å². The molecule has 124 valence electrons. The van der Waals surface area contributed by atoms with Crippen LogP contribution in [0, 0.1) is 0 Å². The van der Waals surface area contributed by atoms with Gasteiger partial charge in [-0.25, -0.2) is 4.98 Å². The van der Waals surface area contributed by atoms with Crippen LogP contribution in [0.2, 0.25) is 0 Å². The van der Waals surface area contributed by atoms with E-state index in [4.69, 9.17) is 0 Å². The molecule has 0 aliphatic heterocycles. The Balaban J connectivity index is 1.70. The fourth-order valence-corrected chi connectivity index (χ4v) is 3.24. The molecule has 3 rings (SSSR count). The number of benzene rings is 1. The highest BCUT2D eigenvalue weighted by Crippen LogP contribution is 2.13. The largest absolute Gasteiger partial charge is 0.340 e. The van der Waals surface area contributed by atoms with Crippen molar-refractivity contribution in [2.45, 2.75) is 26.4 Å². The average molecular weight is 341 g/mol. The first-order valence-corrected chi connectivity index (χ1v) is 8.71. The van der Waals surface area contributed by atoms with Crippen LogP contribution < -0.4 is 5.56 Å². The number of likely N-dealkylation sites (N-methyl/N-ethyl adjacent to an activating group) is 1. The van der Waals surface area contributed by atoms with Crippen LogP contribution in [0.5, 0.6) is 0 Å². The summed E-state index contributed by atoms with van der Waals surface area (Å²) in [4.78, 5) is 31.3. The molecule has 3 aromatic rings. The molecule has 0 saturated carbocycles. The van der Waals surface area contributed by atoms with Crippen molar-refractivity contribution in [1.29, 1.82) is 0 Å². The Morgan fingerprint density at radius 1 is 1.21 bits per heavy atom. The first-order valence-electron chi connectivity index (χ1n) is 7.83. The number of rotatable bonds is 5. The highest BCUT2D eigenvalue weighted by molar-refractivity contribution is 7.16. The average Bonchev–Trinajstić information content (AvgIpc) is 3.07. The van der Waals surface area contributed by atoms with Crippen molar-refractivity contribution in [3.63, 3.8) is 0 Å². The van der Waals surface area contributed by atoms with Crippen molar-refractivity contribution in [3.05, 3.63) is 63.5 Å². The van der Waals surface area contributed by atoms with Crippen LogP contribution in [0.25, 0.3) is 10.2 Å². The Morgan fingerprint density at radius 2 is 1.92 bits per heavy atom. The Kier molecular flexibility index (Phi) is 4.76. The van der Waals surface area contributed by atoms with Gasteiger partial charge in [-0.1, -0.05) is 31.2 Å². The van der Waals surface area contributed by atoms with Gasteiger partial charge in [-0.05, 0) is 29.0 Å². The minimum absolute atomic E-state index is 0.00115. The van der Waals surface area contributed by atoms with E-state index in [0.29, 0.717) is 16.8 Å². The van der Waals surface area contributed by atoms with Crippen LogP contribution in [0.1, 0.15) is 18.1 Å². The molecule has 0 unspecified atom stereocenters. The van der Waals surface area contributed by atoms with E-state index in [2.05, 4.69) is 24.0 Å². The molecule has 5 nitrogen and oxygen atoms in total. The summed E-state index contributed by atoms with van der Waals surface area (Å²) in [5.41, 5.74) is 2.17. The Bertz CT molecular complexity index is 912. The molecular formula is C18H19N3O2S. The molecule has 1 amide bonds. The van der Waals surface area contributed by atoms with Crippen LogP contribution in [-0.2, 0) is 24.3 Å². The number of hydrogen-bond acceptors (Lipinski definition) is 4. The minimum atomic E-state index is -0.171. The maximum Gasteiger partial charge on any atom is 0.262 e. The second-order valence-electron chi connectivity index (χ2n) is 5.74. The monoisotopic (exact) mass is 341 g/mol. The van der Waals surface area contributed by atoms with Crippen LogP contribution in [-0.4, -0.2) is 27.4 Å². The molecule has 2 aromatic heterocycles. The highest BCUT2D eigenvalue weighted by Gasteiger charge is 2.13. The van der Waals surface area contributed by atoms with Gasteiger partial charge in [0.15, 0.2) is 0 Å². The highest BCUT2D eigenvalue weighted by atomic mass is 32.1. The number of thiophene rings is 1. The van der Waals surface area contributed by atoms with Crippen molar-refractivity contribution in [2.75, 3.05) is 7.05 Å². The number of fused-ring (bicyclic) bond motifs is 1. The summed E-state index contributed by atoms with van der Waals surface area (Å²) in [5, 5.41) is 2.39. The van der Waals surface area contributed by atoms with E-state index in [1.807, 2.05) is 17.5 Å². The van der Waals surface area contributed by atoms with Gasteiger partial charge >= 0.3 is 0 Å². The molecule has 0 aliphatic rings. The van der Waals surface area contributed by atoms with Gasteiger partial charge in [0.05, 0.1) is 11.7 Å². The summed E-state index contributed by atoms with van der Waals surface area (Å²) in [7, 11) is 1.75. The lowest BCUT2D eigenvalue weighted by Gasteiger charge is -2.18. The molecule has 0 spiro atoms. The second-order valence-corrected chi connectivity index (χ2v) is 6.63. The fraction of sp³-hybridized carbons (Fsp3) is 0.278.